The van der Waals surface area contributed by atoms with Gasteiger partial charge in [0.05, 0.1) is 5.88 Å². The predicted molar refractivity (Wildman–Crippen MR) is 33.9 cm³/mol. The second kappa shape index (κ2) is 2.41. The highest BCUT2D eigenvalue weighted by Crippen LogP contribution is 1.99. The van der Waals surface area contributed by atoms with Crippen molar-refractivity contribution in [3.05, 3.63) is 0 Å². The highest BCUT2D eigenvalue weighted by Gasteiger charge is 2.24. The predicted octanol–water partition coefficient (Wildman–Crippen LogP) is -0.289. The maximum absolute atomic E-state index is 10.6. The van der Waals surface area contributed by atoms with Crippen LogP contribution in [0, 0.1) is 0 Å². The van der Waals surface area contributed by atoms with Gasteiger partial charge in [-0.1, -0.05) is 0 Å². The lowest BCUT2D eigenvalue weighted by Crippen LogP contribution is -2.36. The van der Waals surface area contributed by atoms with Gasteiger partial charge in [-0.15, -0.1) is 11.6 Å². The third-order valence-electron chi connectivity index (χ3n) is 1.28. The van der Waals surface area contributed by atoms with Gasteiger partial charge in [-0.2, -0.15) is 0 Å². The Bertz CT molecular complexity index is 129. The Morgan fingerprint density at radius 1 is 1.89 bits per heavy atom. The van der Waals surface area contributed by atoms with Crippen molar-refractivity contribution < 1.29 is 4.79 Å². The maximum atomic E-state index is 10.6. The zero-order chi connectivity index (χ0) is 6.85. The second-order valence-electron chi connectivity index (χ2n) is 1.86. The van der Waals surface area contributed by atoms with Crippen LogP contribution in [-0.4, -0.2) is 30.0 Å². The standard InChI is InChI=1S/C4H8ClN3O/c1-8-3(2-5)6-7-4(8)9/h3,6H,2H2,1H3,(H,7,9). The molecule has 0 saturated carbocycles. The Kier molecular flexibility index (Phi) is 1.78. The normalized spacial score (nSPS) is 26.7. The number of carbonyl (C=O) groups is 1. The van der Waals surface area contributed by atoms with E-state index in [1.165, 1.54) is 4.90 Å². The van der Waals surface area contributed by atoms with E-state index in [9.17, 15) is 4.79 Å². The van der Waals surface area contributed by atoms with E-state index >= 15 is 0 Å². The van der Waals surface area contributed by atoms with Gasteiger partial charge in [-0.25, -0.2) is 10.2 Å². The Morgan fingerprint density at radius 3 is 2.78 bits per heavy atom. The summed E-state index contributed by atoms with van der Waals surface area (Å²) in [5, 5.41) is 0. The van der Waals surface area contributed by atoms with Crippen LogP contribution in [0.5, 0.6) is 0 Å². The van der Waals surface area contributed by atoms with Crippen molar-refractivity contribution in [2.45, 2.75) is 6.17 Å². The molecule has 0 aromatic carbocycles. The summed E-state index contributed by atoms with van der Waals surface area (Å²) >= 11 is 5.47. The molecule has 0 spiro atoms. The fraction of sp³-hybridized carbons (Fsp3) is 0.750. The summed E-state index contributed by atoms with van der Waals surface area (Å²) in [4.78, 5) is 12.1. The third kappa shape index (κ3) is 1.09. The number of carbonyl (C=O) groups excluding carboxylic acids is 1. The number of hydrazine groups is 1. The van der Waals surface area contributed by atoms with Crippen molar-refractivity contribution in [3.63, 3.8) is 0 Å². The Balaban J connectivity index is 2.51. The fourth-order valence-corrected chi connectivity index (χ4v) is 0.898. The van der Waals surface area contributed by atoms with Crippen molar-refractivity contribution in [2.24, 2.45) is 0 Å². The number of hydrogen-bond donors (Lipinski definition) is 2. The lowest BCUT2D eigenvalue weighted by atomic mass is 10.5. The molecule has 1 saturated heterocycles. The molecule has 0 aliphatic carbocycles. The van der Waals surface area contributed by atoms with Crippen molar-refractivity contribution >= 4 is 17.6 Å². The molecule has 1 atom stereocenters. The molecular formula is C4H8ClN3O. The summed E-state index contributed by atoms with van der Waals surface area (Å²) in [7, 11) is 1.68. The summed E-state index contributed by atoms with van der Waals surface area (Å²) in [6.07, 6.45) is -0.0702. The molecule has 2 amide bonds. The van der Waals surface area contributed by atoms with Gasteiger partial charge in [0, 0.05) is 7.05 Å². The topological polar surface area (TPSA) is 44.4 Å². The Morgan fingerprint density at radius 2 is 2.56 bits per heavy atom. The van der Waals surface area contributed by atoms with Crippen LogP contribution in [0.2, 0.25) is 0 Å². The number of hydrogen-bond acceptors (Lipinski definition) is 2. The first kappa shape index (κ1) is 6.64. The molecule has 0 bridgehead atoms. The molecule has 1 unspecified atom stereocenters. The quantitative estimate of drug-likeness (QED) is 0.504. The number of rotatable bonds is 1. The molecule has 52 valence electrons. The zero-order valence-electron chi connectivity index (χ0n) is 5.02. The molecule has 4 nitrogen and oxygen atoms in total. The molecule has 0 aromatic rings. The highest BCUT2D eigenvalue weighted by atomic mass is 35.5. The average molecular weight is 150 g/mol. The molecule has 0 radical (unpaired) electrons. The Hall–Kier alpha value is -0.480. The summed E-state index contributed by atoms with van der Waals surface area (Å²) in [6, 6.07) is -0.138. The van der Waals surface area contributed by atoms with Gasteiger partial charge in [0.25, 0.3) is 0 Å². The van der Waals surface area contributed by atoms with E-state index in [2.05, 4.69) is 10.9 Å². The smallest absolute Gasteiger partial charge is 0.308 e. The summed E-state index contributed by atoms with van der Waals surface area (Å²) in [5.41, 5.74) is 5.12. The minimum atomic E-state index is -0.138. The molecule has 1 heterocycles. The van der Waals surface area contributed by atoms with E-state index in [0.717, 1.165) is 0 Å². The van der Waals surface area contributed by atoms with Gasteiger partial charge in [0.1, 0.15) is 6.17 Å². The molecule has 1 aliphatic rings. The SMILES string of the molecule is CN1C(=O)NNC1CCl. The van der Waals surface area contributed by atoms with Crippen molar-refractivity contribution in [2.75, 3.05) is 12.9 Å². The van der Waals surface area contributed by atoms with E-state index in [1.807, 2.05) is 0 Å². The van der Waals surface area contributed by atoms with Gasteiger partial charge < -0.3 is 4.90 Å². The van der Waals surface area contributed by atoms with Crippen molar-refractivity contribution in [3.8, 4) is 0 Å². The molecular weight excluding hydrogens is 142 g/mol. The molecule has 1 fully saturated rings. The van der Waals surface area contributed by atoms with Crippen LogP contribution in [0.25, 0.3) is 0 Å². The number of nitrogens with zero attached hydrogens (tertiary/aromatic N) is 1. The molecule has 0 aromatic heterocycles. The lowest BCUT2D eigenvalue weighted by Gasteiger charge is -2.12. The van der Waals surface area contributed by atoms with E-state index in [1.54, 1.807) is 7.05 Å². The first-order valence-electron chi connectivity index (χ1n) is 2.60. The number of nitrogens with one attached hydrogen (secondary N) is 2. The van der Waals surface area contributed by atoms with E-state index in [0.29, 0.717) is 5.88 Å². The summed E-state index contributed by atoms with van der Waals surface area (Å²) in [5.74, 6) is 0.398. The molecule has 2 N–H and O–H groups in total. The fourth-order valence-electron chi connectivity index (χ4n) is 0.614. The third-order valence-corrected chi connectivity index (χ3v) is 1.57. The van der Waals surface area contributed by atoms with Crippen LogP contribution in [0.1, 0.15) is 0 Å². The Labute approximate surface area is 58.1 Å². The van der Waals surface area contributed by atoms with Crippen LogP contribution >= 0.6 is 11.6 Å². The molecule has 1 aliphatic heterocycles. The first-order valence-corrected chi connectivity index (χ1v) is 3.13. The molecule has 5 heteroatoms. The van der Waals surface area contributed by atoms with Gasteiger partial charge >= 0.3 is 6.03 Å². The van der Waals surface area contributed by atoms with E-state index in [4.69, 9.17) is 11.6 Å². The van der Waals surface area contributed by atoms with Gasteiger partial charge in [0.15, 0.2) is 0 Å². The highest BCUT2D eigenvalue weighted by molar-refractivity contribution is 6.18. The van der Waals surface area contributed by atoms with Gasteiger partial charge in [0.2, 0.25) is 0 Å². The van der Waals surface area contributed by atoms with Crippen molar-refractivity contribution in [1.29, 1.82) is 0 Å². The van der Waals surface area contributed by atoms with Gasteiger partial charge in [-0.3, -0.25) is 5.43 Å². The van der Waals surface area contributed by atoms with E-state index < -0.39 is 0 Å². The first-order chi connectivity index (χ1) is 4.25. The zero-order valence-corrected chi connectivity index (χ0v) is 5.77. The minimum Gasteiger partial charge on any atom is -0.308 e. The van der Waals surface area contributed by atoms with Crippen molar-refractivity contribution in [1.82, 2.24) is 15.8 Å². The summed E-state index contributed by atoms with van der Waals surface area (Å²) < 4.78 is 0. The number of halogens is 1. The molecule has 1 rings (SSSR count). The van der Waals surface area contributed by atoms with Crippen LogP contribution < -0.4 is 10.9 Å². The van der Waals surface area contributed by atoms with Crippen LogP contribution in [-0.2, 0) is 0 Å². The summed E-state index contributed by atoms with van der Waals surface area (Å²) in [6.45, 7) is 0. The maximum Gasteiger partial charge on any atom is 0.332 e. The number of alkyl halides is 1. The minimum absolute atomic E-state index is 0.0702. The number of amides is 2. The second-order valence-corrected chi connectivity index (χ2v) is 2.16. The largest absolute Gasteiger partial charge is 0.332 e. The van der Waals surface area contributed by atoms with Gasteiger partial charge in [-0.05, 0) is 0 Å². The molecule has 9 heavy (non-hydrogen) atoms. The van der Waals surface area contributed by atoms with Crippen LogP contribution in [0.3, 0.4) is 0 Å². The van der Waals surface area contributed by atoms with E-state index in [-0.39, 0.29) is 12.2 Å². The monoisotopic (exact) mass is 149 g/mol. The average Bonchev–Trinajstić information content (AvgIpc) is 2.15. The lowest BCUT2D eigenvalue weighted by molar-refractivity contribution is 0.218. The van der Waals surface area contributed by atoms with Crippen LogP contribution in [0.4, 0.5) is 4.79 Å². The van der Waals surface area contributed by atoms with Crippen LogP contribution in [0.15, 0.2) is 0 Å². The number of urea groups is 1.